The fourth-order valence-corrected chi connectivity index (χ4v) is 2.07. The van der Waals surface area contributed by atoms with Crippen LogP contribution in [0.1, 0.15) is 13.8 Å². The van der Waals surface area contributed by atoms with Gasteiger partial charge in [0.2, 0.25) is 5.91 Å². The molecule has 0 spiro atoms. The second-order valence-corrected chi connectivity index (χ2v) is 4.96. The Morgan fingerprint density at radius 2 is 2.11 bits per heavy atom. The van der Waals surface area contributed by atoms with Gasteiger partial charge < -0.3 is 15.1 Å². The fraction of sp³-hybridized carbons (Fsp3) is 0.500. The zero-order chi connectivity index (χ0) is 13.1. The van der Waals surface area contributed by atoms with E-state index in [-0.39, 0.29) is 24.4 Å². The lowest BCUT2D eigenvalue weighted by Gasteiger charge is -2.33. The van der Waals surface area contributed by atoms with Crippen LogP contribution < -0.4 is 10.2 Å². The molecule has 0 unspecified atom stereocenters. The highest BCUT2D eigenvalue weighted by Gasteiger charge is 2.20. The predicted octanol–water partition coefficient (Wildman–Crippen LogP) is 2.21. The summed E-state index contributed by atoms with van der Waals surface area (Å²) in [6.07, 6.45) is 0. The number of fused-ring (bicyclic) bond motifs is 1. The van der Waals surface area contributed by atoms with Crippen molar-refractivity contribution in [1.29, 1.82) is 0 Å². The molecule has 1 aliphatic heterocycles. The van der Waals surface area contributed by atoms with Crippen LogP contribution in [0.25, 0.3) is 0 Å². The van der Waals surface area contributed by atoms with Gasteiger partial charge in [0.1, 0.15) is 0 Å². The molecule has 0 radical (unpaired) electrons. The van der Waals surface area contributed by atoms with E-state index >= 15 is 0 Å². The van der Waals surface area contributed by atoms with E-state index in [0.717, 1.165) is 24.5 Å². The maximum Gasteiger partial charge on any atom is 0.242 e. The van der Waals surface area contributed by atoms with Crippen molar-refractivity contribution in [1.82, 2.24) is 4.90 Å². The Bertz CT molecular complexity index is 436. The van der Waals surface area contributed by atoms with Gasteiger partial charge in [-0.3, -0.25) is 4.79 Å². The highest BCUT2D eigenvalue weighted by Crippen LogP contribution is 2.28. The number of rotatable bonds is 3. The second kappa shape index (κ2) is 6.66. The predicted molar refractivity (Wildman–Crippen MR) is 82.3 cm³/mol. The smallest absolute Gasteiger partial charge is 0.242 e. The molecule has 0 saturated carbocycles. The third-order valence-corrected chi connectivity index (χ3v) is 3.44. The molecular formula is C14H22ClN3O. The number of carbonyl (C=O) groups excluding carboxylic acids is 1. The summed E-state index contributed by atoms with van der Waals surface area (Å²) >= 11 is 0. The Labute approximate surface area is 121 Å². The van der Waals surface area contributed by atoms with Crippen molar-refractivity contribution in [3.8, 4) is 0 Å². The number of nitrogens with one attached hydrogen (secondary N) is 1. The van der Waals surface area contributed by atoms with Crippen molar-refractivity contribution >= 4 is 29.7 Å². The van der Waals surface area contributed by atoms with Gasteiger partial charge in [0, 0.05) is 26.2 Å². The summed E-state index contributed by atoms with van der Waals surface area (Å²) in [5, 5.41) is 3.35. The number of benzene rings is 1. The first kappa shape index (κ1) is 15.6. The van der Waals surface area contributed by atoms with Gasteiger partial charge in [-0.25, -0.2) is 0 Å². The monoisotopic (exact) mass is 283 g/mol. The van der Waals surface area contributed by atoms with Gasteiger partial charge in [0.15, 0.2) is 0 Å². The van der Waals surface area contributed by atoms with Gasteiger partial charge in [0.05, 0.1) is 17.9 Å². The molecule has 1 aliphatic rings. The number of carbonyl (C=O) groups is 1. The number of amides is 1. The first-order valence-electron chi connectivity index (χ1n) is 6.43. The van der Waals surface area contributed by atoms with E-state index in [1.54, 1.807) is 4.90 Å². The zero-order valence-corrected chi connectivity index (χ0v) is 12.5. The van der Waals surface area contributed by atoms with Crippen molar-refractivity contribution in [3.63, 3.8) is 0 Å². The minimum Gasteiger partial charge on any atom is -0.382 e. The summed E-state index contributed by atoms with van der Waals surface area (Å²) in [5.41, 5.74) is 2.23. The van der Waals surface area contributed by atoms with E-state index < -0.39 is 0 Å². The molecule has 0 bridgehead atoms. The first-order valence-corrected chi connectivity index (χ1v) is 6.43. The maximum absolute atomic E-state index is 12.1. The van der Waals surface area contributed by atoms with Crippen molar-refractivity contribution in [2.45, 2.75) is 19.9 Å². The van der Waals surface area contributed by atoms with Crippen LogP contribution in [0.3, 0.4) is 0 Å². The Balaban J connectivity index is 0.00000180. The number of para-hydroxylation sites is 2. The molecule has 1 heterocycles. The summed E-state index contributed by atoms with van der Waals surface area (Å²) in [4.78, 5) is 16.1. The standard InChI is InChI=1S/C14H21N3O.ClH/c1-11(2)16(3)14(18)10-17-9-8-15-12-6-4-5-7-13(12)17;/h4-7,11,15H,8-10H2,1-3H3;1H. The molecule has 0 atom stereocenters. The lowest BCUT2D eigenvalue weighted by molar-refractivity contribution is -0.129. The minimum absolute atomic E-state index is 0. The number of nitrogens with zero attached hydrogens (tertiary/aromatic N) is 2. The van der Waals surface area contributed by atoms with E-state index in [0.29, 0.717) is 6.54 Å². The third kappa shape index (κ3) is 3.53. The SMILES string of the molecule is CC(C)N(C)C(=O)CN1CCNc2ccccc21.Cl. The van der Waals surface area contributed by atoms with Crippen molar-refractivity contribution in [2.75, 3.05) is 36.9 Å². The number of hydrogen-bond acceptors (Lipinski definition) is 3. The zero-order valence-electron chi connectivity index (χ0n) is 11.7. The van der Waals surface area contributed by atoms with Crippen LogP contribution in [0, 0.1) is 0 Å². The lowest BCUT2D eigenvalue weighted by atomic mass is 10.2. The molecule has 1 aromatic rings. The van der Waals surface area contributed by atoms with E-state index in [2.05, 4.69) is 22.3 Å². The van der Waals surface area contributed by atoms with Crippen molar-refractivity contribution in [2.24, 2.45) is 0 Å². The molecule has 1 aromatic carbocycles. The number of hydrogen-bond donors (Lipinski definition) is 1. The van der Waals surface area contributed by atoms with Crippen LogP contribution >= 0.6 is 12.4 Å². The Kier molecular flexibility index (Phi) is 5.48. The number of anilines is 2. The molecular weight excluding hydrogens is 262 g/mol. The number of likely N-dealkylation sites (N-methyl/N-ethyl adjacent to an activating group) is 1. The summed E-state index contributed by atoms with van der Waals surface area (Å²) in [6, 6.07) is 8.38. The molecule has 4 nitrogen and oxygen atoms in total. The molecule has 5 heteroatoms. The van der Waals surface area contributed by atoms with Crippen LogP contribution in [0.15, 0.2) is 24.3 Å². The first-order chi connectivity index (χ1) is 8.59. The molecule has 0 fully saturated rings. The van der Waals surface area contributed by atoms with Crippen LogP contribution in [-0.2, 0) is 4.79 Å². The topological polar surface area (TPSA) is 35.6 Å². The molecule has 0 saturated heterocycles. The van der Waals surface area contributed by atoms with E-state index in [4.69, 9.17) is 0 Å². The van der Waals surface area contributed by atoms with Crippen molar-refractivity contribution < 1.29 is 4.79 Å². The minimum atomic E-state index is 0. The van der Waals surface area contributed by atoms with Gasteiger partial charge in [0.25, 0.3) is 0 Å². The molecule has 1 amide bonds. The molecule has 19 heavy (non-hydrogen) atoms. The van der Waals surface area contributed by atoms with Gasteiger partial charge in [-0.1, -0.05) is 12.1 Å². The average molecular weight is 284 g/mol. The van der Waals surface area contributed by atoms with Gasteiger partial charge in [-0.2, -0.15) is 0 Å². The van der Waals surface area contributed by atoms with E-state index in [1.165, 1.54) is 0 Å². The summed E-state index contributed by atoms with van der Waals surface area (Å²) in [5.74, 6) is 0.168. The molecule has 1 N–H and O–H groups in total. The van der Waals surface area contributed by atoms with E-state index in [1.807, 2.05) is 33.0 Å². The van der Waals surface area contributed by atoms with Gasteiger partial charge in [-0.15, -0.1) is 12.4 Å². The lowest BCUT2D eigenvalue weighted by Crippen LogP contribution is -2.44. The van der Waals surface area contributed by atoms with Crippen LogP contribution in [0.2, 0.25) is 0 Å². The highest BCUT2D eigenvalue weighted by atomic mass is 35.5. The molecule has 0 aromatic heterocycles. The quantitative estimate of drug-likeness (QED) is 0.924. The third-order valence-electron chi connectivity index (χ3n) is 3.44. The highest BCUT2D eigenvalue weighted by molar-refractivity contribution is 5.85. The van der Waals surface area contributed by atoms with Crippen LogP contribution in [0.4, 0.5) is 11.4 Å². The van der Waals surface area contributed by atoms with Crippen LogP contribution in [-0.4, -0.2) is 43.5 Å². The summed E-state index contributed by atoms with van der Waals surface area (Å²) in [6.45, 7) is 6.27. The largest absolute Gasteiger partial charge is 0.382 e. The van der Waals surface area contributed by atoms with Gasteiger partial charge in [-0.05, 0) is 26.0 Å². The summed E-state index contributed by atoms with van der Waals surface area (Å²) < 4.78 is 0. The molecule has 106 valence electrons. The fourth-order valence-electron chi connectivity index (χ4n) is 2.07. The molecule has 0 aliphatic carbocycles. The Morgan fingerprint density at radius 1 is 1.42 bits per heavy atom. The number of halogens is 1. The van der Waals surface area contributed by atoms with Gasteiger partial charge >= 0.3 is 0 Å². The maximum atomic E-state index is 12.1. The van der Waals surface area contributed by atoms with Crippen LogP contribution in [0.5, 0.6) is 0 Å². The summed E-state index contributed by atoms with van der Waals surface area (Å²) in [7, 11) is 1.86. The average Bonchev–Trinajstić information content (AvgIpc) is 2.38. The Hall–Kier alpha value is -1.42. The molecule has 2 rings (SSSR count). The Morgan fingerprint density at radius 3 is 2.79 bits per heavy atom. The van der Waals surface area contributed by atoms with E-state index in [9.17, 15) is 4.79 Å². The second-order valence-electron chi connectivity index (χ2n) is 4.96. The normalized spacial score (nSPS) is 13.4. The van der Waals surface area contributed by atoms with Crippen molar-refractivity contribution in [3.05, 3.63) is 24.3 Å².